The molecule has 12 heteroatoms. The second-order valence-electron chi connectivity index (χ2n) is 9.94. The molecule has 0 unspecified atom stereocenters. The molecule has 1 fully saturated rings. The fraction of sp³-hybridized carbons (Fsp3) is 0.226. The number of alkyl halides is 5. The van der Waals surface area contributed by atoms with Crippen LogP contribution >= 0.6 is 0 Å². The summed E-state index contributed by atoms with van der Waals surface area (Å²) in [5.41, 5.74) is 0.0925. The maximum Gasteiger partial charge on any atom is 0.417 e. The summed E-state index contributed by atoms with van der Waals surface area (Å²) in [4.78, 5) is 34.2. The Morgan fingerprint density at radius 3 is 2.49 bits per heavy atom. The SMILES string of the molecule is O=C(/C=C/c1cccnc1)NCc1ccc(-c2ccc(-c3ccc(C(=O)N4CCC(F)(F)CC4)cn3)cc2C(F)(F)F)o1. The number of hydrogen-bond donors (Lipinski definition) is 1. The first-order valence-corrected chi connectivity index (χ1v) is 13.3. The Labute approximate surface area is 243 Å². The molecule has 1 aliphatic rings. The van der Waals surface area contributed by atoms with Crippen molar-refractivity contribution in [3.63, 3.8) is 0 Å². The highest BCUT2D eigenvalue weighted by Gasteiger charge is 2.36. The molecule has 0 atom stereocenters. The maximum atomic E-state index is 14.1. The van der Waals surface area contributed by atoms with Crippen LogP contribution in [0.1, 0.15) is 40.1 Å². The van der Waals surface area contributed by atoms with E-state index in [4.69, 9.17) is 4.42 Å². The zero-order valence-corrected chi connectivity index (χ0v) is 22.6. The number of carbonyl (C=O) groups is 2. The molecule has 0 saturated carbocycles. The molecule has 4 heterocycles. The molecular weight excluding hydrogens is 571 g/mol. The van der Waals surface area contributed by atoms with Crippen LogP contribution in [0.15, 0.2) is 83.7 Å². The van der Waals surface area contributed by atoms with E-state index in [9.17, 15) is 31.5 Å². The van der Waals surface area contributed by atoms with Crippen LogP contribution in [0, 0.1) is 0 Å². The van der Waals surface area contributed by atoms with Gasteiger partial charge in [-0.25, -0.2) is 8.78 Å². The molecule has 0 spiro atoms. The van der Waals surface area contributed by atoms with Gasteiger partial charge in [0.15, 0.2) is 0 Å². The molecule has 0 bridgehead atoms. The fourth-order valence-corrected chi connectivity index (χ4v) is 4.56. The molecule has 4 aromatic rings. The van der Waals surface area contributed by atoms with E-state index < -0.39 is 42.3 Å². The van der Waals surface area contributed by atoms with Crippen LogP contribution in [0.4, 0.5) is 22.0 Å². The normalized spacial score (nSPS) is 15.0. The average molecular weight is 597 g/mol. The van der Waals surface area contributed by atoms with Crippen LogP contribution in [0.2, 0.25) is 0 Å². The maximum absolute atomic E-state index is 14.1. The Hall–Kier alpha value is -4.87. The van der Waals surface area contributed by atoms with Crippen molar-refractivity contribution < 1.29 is 36.0 Å². The van der Waals surface area contributed by atoms with Gasteiger partial charge in [-0.2, -0.15) is 13.2 Å². The third-order valence-corrected chi connectivity index (χ3v) is 6.89. The van der Waals surface area contributed by atoms with Crippen LogP contribution in [0.5, 0.6) is 0 Å². The minimum atomic E-state index is -4.73. The summed E-state index contributed by atoms with van der Waals surface area (Å²) in [6, 6.07) is 12.9. The average Bonchev–Trinajstić information content (AvgIpc) is 3.47. The number of piperidine rings is 1. The van der Waals surface area contributed by atoms with Gasteiger partial charge < -0.3 is 14.6 Å². The van der Waals surface area contributed by atoms with Crippen LogP contribution in [-0.2, 0) is 17.5 Å². The third kappa shape index (κ3) is 7.32. The van der Waals surface area contributed by atoms with Crippen molar-refractivity contribution in [2.45, 2.75) is 31.5 Å². The Kier molecular flexibility index (Phi) is 8.38. The van der Waals surface area contributed by atoms with E-state index in [1.165, 1.54) is 53.6 Å². The lowest BCUT2D eigenvalue weighted by atomic mass is 9.99. The Balaban J connectivity index is 1.28. The number of benzene rings is 1. The quantitative estimate of drug-likeness (QED) is 0.191. The summed E-state index contributed by atoms with van der Waals surface area (Å²) in [7, 11) is 0. The number of halogens is 5. The molecule has 1 N–H and O–H groups in total. The van der Waals surface area contributed by atoms with Gasteiger partial charge in [0.05, 0.1) is 23.4 Å². The number of nitrogens with one attached hydrogen (secondary N) is 1. The topological polar surface area (TPSA) is 88.3 Å². The van der Waals surface area contributed by atoms with Gasteiger partial charge in [-0.1, -0.05) is 12.1 Å². The molecule has 0 aliphatic carbocycles. The van der Waals surface area contributed by atoms with E-state index in [-0.39, 0.29) is 53.5 Å². The van der Waals surface area contributed by atoms with Gasteiger partial charge in [0, 0.05) is 61.7 Å². The lowest BCUT2D eigenvalue weighted by Gasteiger charge is -2.31. The highest BCUT2D eigenvalue weighted by atomic mass is 19.4. The fourth-order valence-electron chi connectivity index (χ4n) is 4.56. The highest BCUT2D eigenvalue weighted by molar-refractivity contribution is 5.94. The van der Waals surface area contributed by atoms with Crippen molar-refractivity contribution in [1.82, 2.24) is 20.2 Å². The van der Waals surface area contributed by atoms with E-state index in [0.717, 1.165) is 11.6 Å². The Morgan fingerprint density at radius 2 is 1.81 bits per heavy atom. The monoisotopic (exact) mass is 596 g/mol. The highest BCUT2D eigenvalue weighted by Crippen LogP contribution is 2.40. The smallest absolute Gasteiger partial charge is 0.417 e. The summed E-state index contributed by atoms with van der Waals surface area (Å²) < 4.78 is 74.8. The number of nitrogens with zero attached hydrogens (tertiary/aromatic N) is 3. The molecular formula is C31H25F5N4O3. The first kappa shape index (κ1) is 29.6. The molecule has 1 saturated heterocycles. The predicted molar refractivity (Wildman–Crippen MR) is 148 cm³/mol. The standard InChI is InChI=1S/C31H25F5N4O3/c32-30(33)11-14-40(15-12-30)29(42)22-5-8-26(38-18-22)21-4-7-24(25(16-21)31(34,35)36)27-9-6-23(43-27)19-39-28(41)10-3-20-2-1-13-37-17-20/h1-10,13,16-18H,11-12,14-15,19H2,(H,39,41)/b10-3+. The molecule has 2 amide bonds. The minimum absolute atomic E-state index is 0.0324. The van der Waals surface area contributed by atoms with Crippen LogP contribution < -0.4 is 5.32 Å². The van der Waals surface area contributed by atoms with E-state index in [1.54, 1.807) is 30.6 Å². The zero-order chi connectivity index (χ0) is 30.6. The number of furan rings is 1. The number of carbonyl (C=O) groups excluding carboxylic acids is 2. The number of pyridine rings is 2. The predicted octanol–water partition coefficient (Wildman–Crippen LogP) is 6.62. The van der Waals surface area contributed by atoms with Crippen molar-refractivity contribution in [2.24, 2.45) is 0 Å². The molecule has 5 rings (SSSR count). The lowest BCUT2D eigenvalue weighted by molar-refractivity contribution is -0.137. The minimum Gasteiger partial charge on any atom is -0.459 e. The van der Waals surface area contributed by atoms with Crippen molar-refractivity contribution >= 4 is 17.9 Å². The van der Waals surface area contributed by atoms with Crippen molar-refractivity contribution in [3.8, 4) is 22.6 Å². The largest absolute Gasteiger partial charge is 0.459 e. The Bertz CT molecular complexity index is 1620. The third-order valence-electron chi connectivity index (χ3n) is 6.89. The molecule has 7 nitrogen and oxygen atoms in total. The van der Waals surface area contributed by atoms with Gasteiger partial charge in [-0.3, -0.25) is 19.6 Å². The first-order chi connectivity index (χ1) is 20.5. The van der Waals surface area contributed by atoms with Crippen LogP contribution in [0.3, 0.4) is 0 Å². The number of rotatable bonds is 7. The van der Waals surface area contributed by atoms with Gasteiger partial charge in [0.1, 0.15) is 11.5 Å². The van der Waals surface area contributed by atoms with Crippen molar-refractivity contribution in [2.75, 3.05) is 13.1 Å². The number of aromatic nitrogens is 2. The van der Waals surface area contributed by atoms with Gasteiger partial charge in [-0.15, -0.1) is 0 Å². The zero-order valence-electron chi connectivity index (χ0n) is 22.6. The van der Waals surface area contributed by atoms with Crippen molar-refractivity contribution in [3.05, 3.63) is 102 Å². The number of hydrogen-bond acceptors (Lipinski definition) is 5. The summed E-state index contributed by atoms with van der Waals surface area (Å²) >= 11 is 0. The molecule has 43 heavy (non-hydrogen) atoms. The van der Waals surface area contributed by atoms with Gasteiger partial charge in [0.2, 0.25) is 5.91 Å². The Morgan fingerprint density at radius 1 is 1.02 bits per heavy atom. The molecule has 222 valence electrons. The second kappa shape index (κ2) is 12.2. The van der Waals surface area contributed by atoms with Crippen molar-refractivity contribution in [1.29, 1.82) is 0 Å². The van der Waals surface area contributed by atoms with Gasteiger partial charge >= 0.3 is 6.18 Å². The van der Waals surface area contributed by atoms with Gasteiger partial charge in [-0.05, 0) is 54.1 Å². The second-order valence-corrected chi connectivity index (χ2v) is 9.94. The summed E-state index contributed by atoms with van der Waals surface area (Å²) in [6.45, 7) is -0.216. The van der Waals surface area contributed by atoms with E-state index in [2.05, 4.69) is 15.3 Å². The number of likely N-dealkylation sites (tertiary alicyclic amines) is 1. The molecule has 1 aromatic carbocycles. The van der Waals surface area contributed by atoms with Crippen LogP contribution in [-0.4, -0.2) is 45.7 Å². The first-order valence-electron chi connectivity index (χ1n) is 13.3. The van der Waals surface area contributed by atoms with E-state index in [1.807, 2.05) is 0 Å². The van der Waals surface area contributed by atoms with E-state index in [0.29, 0.717) is 0 Å². The summed E-state index contributed by atoms with van der Waals surface area (Å²) in [5.74, 6) is -3.45. The lowest BCUT2D eigenvalue weighted by Crippen LogP contribution is -2.42. The number of amides is 2. The molecule has 0 radical (unpaired) electrons. The summed E-state index contributed by atoms with van der Waals surface area (Å²) in [5, 5.41) is 2.62. The molecule has 3 aromatic heterocycles. The summed E-state index contributed by atoms with van der Waals surface area (Å²) in [6.07, 6.45) is 1.73. The van der Waals surface area contributed by atoms with E-state index >= 15 is 0 Å². The molecule has 1 aliphatic heterocycles. The van der Waals surface area contributed by atoms with Gasteiger partial charge in [0.25, 0.3) is 11.8 Å². The van der Waals surface area contributed by atoms with Crippen LogP contribution in [0.25, 0.3) is 28.7 Å².